The van der Waals surface area contributed by atoms with E-state index in [0.29, 0.717) is 31.0 Å². The summed E-state index contributed by atoms with van der Waals surface area (Å²) in [5, 5.41) is 9.35. The molecule has 0 radical (unpaired) electrons. The van der Waals surface area contributed by atoms with Gasteiger partial charge in [0.2, 0.25) is 11.8 Å². The Hall–Kier alpha value is -3.19. The van der Waals surface area contributed by atoms with Crippen LogP contribution in [0.2, 0.25) is 0 Å². The number of hydrogen-bond acceptors (Lipinski definition) is 5. The molecule has 5 rings (SSSR count). The number of fused-ring (bicyclic) bond motifs is 2. The first-order chi connectivity index (χ1) is 15.1. The molecule has 7 heteroatoms. The Balaban J connectivity index is 1.21. The van der Waals surface area contributed by atoms with Gasteiger partial charge in [0.05, 0.1) is 0 Å². The fraction of sp³-hybridized carbons (Fsp3) is 0.375. The highest BCUT2D eigenvalue weighted by molar-refractivity contribution is 6.05. The topological polar surface area (TPSA) is 90.5 Å². The van der Waals surface area contributed by atoms with Gasteiger partial charge in [-0.3, -0.25) is 19.7 Å². The van der Waals surface area contributed by atoms with Crippen LogP contribution in [0, 0.1) is 0 Å². The second-order valence-corrected chi connectivity index (χ2v) is 8.47. The van der Waals surface area contributed by atoms with Crippen molar-refractivity contribution in [3.8, 4) is 0 Å². The first-order valence-electron chi connectivity index (χ1n) is 10.9. The van der Waals surface area contributed by atoms with Crippen LogP contribution in [-0.4, -0.2) is 41.8 Å². The molecule has 0 saturated carbocycles. The number of imide groups is 1. The van der Waals surface area contributed by atoms with Crippen molar-refractivity contribution in [1.29, 1.82) is 0 Å². The average Bonchev–Trinajstić information content (AvgIpc) is 3.33. The van der Waals surface area contributed by atoms with E-state index in [1.165, 1.54) is 11.3 Å². The van der Waals surface area contributed by atoms with Crippen LogP contribution in [0.15, 0.2) is 42.5 Å². The van der Waals surface area contributed by atoms with Crippen LogP contribution < -0.4 is 16.0 Å². The SMILES string of the molecule is O=C1CCC(N2Cc3c(CNCCC4CNc5ccccc54)cccc3C2=O)C(=O)N1. The summed E-state index contributed by atoms with van der Waals surface area (Å²) in [5.41, 5.74) is 5.36. The third kappa shape index (κ3) is 3.70. The number of carbonyl (C=O) groups excluding carboxylic acids is 3. The molecular formula is C24H26N4O3. The number of piperidine rings is 1. The van der Waals surface area contributed by atoms with Crippen molar-refractivity contribution in [1.82, 2.24) is 15.5 Å². The predicted octanol–water partition coefficient (Wildman–Crippen LogP) is 2.14. The van der Waals surface area contributed by atoms with Gasteiger partial charge in [0, 0.05) is 43.2 Å². The molecule has 160 valence electrons. The van der Waals surface area contributed by atoms with E-state index in [2.05, 4.69) is 40.2 Å². The molecule has 3 aliphatic rings. The Kier molecular flexibility index (Phi) is 5.19. The number of para-hydroxylation sites is 1. The van der Waals surface area contributed by atoms with Crippen molar-refractivity contribution in [2.45, 2.75) is 44.3 Å². The summed E-state index contributed by atoms with van der Waals surface area (Å²) in [4.78, 5) is 38.2. The summed E-state index contributed by atoms with van der Waals surface area (Å²) in [6, 6.07) is 13.7. The van der Waals surface area contributed by atoms with Crippen LogP contribution in [0.3, 0.4) is 0 Å². The van der Waals surface area contributed by atoms with Crippen LogP contribution >= 0.6 is 0 Å². The molecule has 3 N–H and O–H groups in total. The summed E-state index contributed by atoms with van der Waals surface area (Å²) in [6.07, 6.45) is 1.69. The van der Waals surface area contributed by atoms with E-state index in [-0.39, 0.29) is 24.1 Å². The predicted molar refractivity (Wildman–Crippen MR) is 116 cm³/mol. The van der Waals surface area contributed by atoms with Gasteiger partial charge >= 0.3 is 0 Å². The van der Waals surface area contributed by atoms with E-state index in [1.54, 1.807) is 4.90 Å². The molecule has 1 saturated heterocycles. The minimum Gasteiger partial charge on any atom is -0.384 e. The molecule has 3 aliphatic heterocycles. The highest BCUT2D eigenvalue weighted by Crippen LogP contribution is 2.33. The van der Waals surface area contributed by atoms with Crippen LogP contribution in [-0.2, 0) is 22.7 Å². The number of rotatable bonds is 6. The fourth-order valence-electron chi connectivity index (χ4n) is 4.93. The van der Waals surface area contributed by atoms with Gasteiger partial charge in [-0.25, -0.2) is 0 Å². The maximum Gasteiger partial charge on any atom is 0.255 e. The Morgan fingerprint density at radius 1 is 1.06 bits per heavy atom. The average molecular weight is 418 g/mol. The van der Waals surface area contributed by atoms with E-state index in [0.717, 1.165) is 30.6 Å². The Morgan fingerprint density at radius 3 is 2.81 bits per heavy atom. The summed E-state index contributed by atoms with van der Waals surface area (Å²) < 4.78 is 0. The summed E-state index contributed by atoms with van der Waals surface area (Å²) in [7, 11) is 0. The second-order valence-electron chi connectivity index (χ2n) is 8.47. The lowest BCUT2D eigenvalue weighted by molar-refractivity contribution is -0.136. The third-order valence-electron chi connectivity index (χ3n) is 6.60. The van der Waals surface area contributed by atoms with Gasteiger partial charge in [0.25, 0.3) is 5.91 Å². The van der Waals surface area contributed by atoms with Gasteiger partial charge in [0.15, 0.2) is 0 Å². The molecule has 0 bridgehead atoms. The minimum absolute atomic E-state index is 0.125. The quantitative estimate of drug-likeness (QED) is 0.494. The Labute approximate surface area is 181 Å². The van der Waals surface area contributed by atoms with Gasteiger partial charge in [0.1, 0.15) is 6.04 Å². The Bertz CT molecular complexity index is 1050. The van der Waals surface area contributed by atoms with Gasteiger partial charge in [-0.2, -0.15) is 0 Å². The number of nitrogens with one attached hydrogen (secondary N) is 3. The molecule has 3 heterocycles. The third-order valence-corrected chi connectivity index (χ3v) is 6.60. The fourth-order valence-corrected chi connectivity index (χ4v) is 4.93. The Morgan fingerprint density at radius 2 is 1.94 bits per heavy atom. The summed E-state index contributed by atoms with van der Waals surface area (Å²) in [5.74, 6) is -0.257. The van der Waals surface area contributed by atoms with E-state index in [4.69, 9.17) is 0 Å². The molecule has 31 heavy (non-hydrogen) atoms. The standard InChI is InChI=1S/C24H26N4O3/c29-22-9-8-21(23(30)27-22)28-14-19-15(4-3-6-18(19)24(28)31)12-25-11-10-16-13-26-20-7-2-1-5-17(16)20/h1-7,16,21,25-26H,8-14H2,(H,27,29,30). The second kappa shape index (κ2) is 8.15. The van der Waals surface area contributed by atoms with Crippen LogP contribution in [0.4, 0.5) is 5.69 Å². The first-order valence-corrected chi connectivity index (χ1v) is 10.9. The van der Waals surface area contributed by atoms with E-state index >= 15 is 0 Å². The smallest absolute Gasteiger partial charge is 0.255 e. The molecule has 2 aromatic rings. The maximum atomic E-state index is 12.9. The summed E-state index contributed by atoms with van der Waals surface area (Å²) in [6.45, 7) is 2.95. The van der Waals surface area contributed by atoms with Crippen LogP contribution in [0.5, 0.6) is 0 Å². The highest BCUT2D eigenvalue weighted by Gasteiger charge is 2.39. The number of hydrogen-bond donors (Lipinski definition) is 3. The van der Waals surface area contributed by atoms with E-state index < -0.39 is 6.04 Å². The maximum absolute atomic E-state index is 12.9. The van der Waals surface area contributed by atoms with Gasteiger partial charge in [-0.15, -0.1) is 0 Å². The molecule has 3 amide bonds. The van der Waals surface area contributed by atoms with Crippen molar-refractivity contribution in [2.75, 3.05) is 18.4 Å². The zero-order chi connectivity index (χ0) is 21.4. The lowest BCUT2D eigenvalue weighted by Gasteiger charge is -2.29. The normalized spacial score (nSPS) is 22.2. The van der Waals surface area contributed by atoms with Crippen molar-refractivity contribution in [3.63, 3.8) is 0 Å². The summed E-state index contributed by atoms with van der Waals surface area (Å²) >= 11 is 0. The van der Waals surface area contributed by atoms with Crippen LogP contribution in [0.25, 0.3) is 0 Å². The van der Waals surface area contributed by atoms with Crippen molar-refractivity contribution >= 4 is 23.4 Å². The van der Waals surface area contributed by atoms with E-state index in [9.17, 15) is 14.4 Å². The number of anilines is 1. The van der Waals surface area contributed by atoms with Gasteiger partial charge in [-0.05, 0) is 48.2 Å². The monoisotopic (exact) mass is 418 g/mol. The lowest BCUT2D eigenvalue weighted by atomic mass is 9.98. The molecular weight excluding hydrogens is 392 g/mol. The molecule has 2 atom stereocenters. The molecule has 0 spiro atoms. The zero-order valence-corrected chi connectivity index (χ0v) is 17.3. The number of nitrogens with zero attached hydrogens (tertiary/aromatic N) is 1. The molecule has 2 unspecified atom stereocenters. The lowest BCUT2D eigenvalue weighted by Crippen LogP contribution is -2.52. The molecule has 2 aromatic carbocycles. The zero-order valence-electron chi connectivity index (χ0n) is 17.3. The first kappa shape index (κ1) is 19.8. The van der Waals surface area contributed by atoms with Crippen molar-refractivity contribution < 1.29 is 14.4 Å². The van der Waals surface area contributed by atoms with Crippen molar-refractivity contribution in [2.24, 2.45) is 0 Å². The van der Waals surface area contributed by atoms with E-state index in [1.807, 2.05) is 18.2 Å². The molecule has 0 aromatic heterocycles. The number of carbonyl (C=O) groups is 3. The van der Waals surface area contributed by atoms with Gasteiger partial charge in [-0.1, -0.05) is 30.3 Å². The molecule has 7 nitrogen and oxygen atoms in total. The molecule has 1 fully saturated rings. The number of amides is 3. The largest absolute Gasteiger partial charge is 0.384 e. The van der Waals surface area contributed by atoms with Crippen LogP contribution in [0.1, 0.15) is 52.2 Å². The number of benzene rings is 2. The minimum atomic E-state index is -0.576. The van der Waals surface area contributed by atoms with Gasteiger partial charge < -0.3 is 15.5 Å². The van der Waals surface area contributed by atoms with Crippen molar-refractivity contribution in [3.05, 3.63) is 64.7 Å². The molecule has 0 aliphatic carbocycles. The highest BCUT2D eigenvalue weighted by atomic mass is 16.2.